The van der Waals surface area contributed by atoms with E-state index in [4.69, 9.17) is 4.52 Å². The molecule has 1 saturated heterocycles. The van der Waals surface area contributed by atoms with Gasteiger partial charge in [-0.1, -0.05) is 25.9 Å². The molecule has 0 amide bonds. The van der Waals surface area contributed by atoms with E-state index < -0.39 is 0 Å². The van der Waals surface area contributed by atoms with Crippen LogP contribution in [0.2, 0.25) is 0 Å². The second-order valence-corrected chi connectivity index (χ2v) is 7.38. The average Bonchev–Trinajstić information content (AvgIpc) is 2.87. The molecule has 1 aliphatic heterocycles. The molecule has 2 aromatic rings. The Morgan fingerprint density at radius 3 is 2.67 bits per heavy atom. The molecule has 0 unspecified atom stereocenters. The molecule has 7 heteroatoms. The van der Waals surface area contributed by atoms with E-state index in [2.05, 4.69) is 50.7 Å². The van der Waals surface area contributed by atoms with E-state index in [0.29, 0.717) is 5.89 Å². The van der Waals surface area contributed by atoms with Crippen molar-refractivity contribution in [1.82, 2.24) is 25.0 Å². The van der Waals surface area contributed by atoms with Crippen LogP contribution in [0.1, 0.15) is 44.6 Å². The Labute approximate surface area is 143 Å². The van der Waals surface area contributed by atoms with E-state index >= 15 is 0 Å². The van der Waals surface area contributed by atoms with Crippen LogP contribution in [0.25, 0.3) is 0 Å². The minimum atomic E-state index is -0.108. The van der Waals surface area contributed by atoms with Gasteiger partial charge in [0.1, 0.15) is 0 Å². The van der Waals surface area contributed by atoms with Gasteiger partial charge in [0.25, 0.3) is 0 Å². The molecule has 3 rings (SSSR count). The molecule has 0 spiro atoms. The van der Waals surface area contributed by atoms with E-state index in [1.54, 1.807) is 0 Å². The largest absolute Gasteiger partial charge is 0.339 e. The summed E-state index contributed by atoms with van der Waals surface area (Å²) in [6.45, 7) is 12.8. The lowest BCUT2D eigenvalue weighted by atomic mass is 9.97. The molecule has 0 atom stereocenters. The summed E-state index contributed by atoms with van der Waals surface area (Å²) in [4.78, 5) is 18.1. The summed E-state index contributed by atoms with van der Waals surface area (Å²) in [6, 6.07) is 1.93. The number of aromatic nitrogens is 4. The molecule has 24 heavy (non-hydrogen) atoms. The van der Waals surface area contributed by atoms with Crippen molar-refractivity contribution in [3.63, 3.8) is 0 Å². The fraction of sp³-hybridized carbons (Fsp3) is 0.647. The Morgan fingerprint density at radius 2 is 1.96 bits per heavy atom. The van der Waals surface area contributed by atoms with Gasteiger partial charge >= 0.3 is 0 Å². The molecule has 130 valence electrons. The van der Waals surface area contributed by atoms with E-state index in [0.717, 1.165) is 56.6 Å². The molecular formula is C17H26N6O. The first kappa shape index (κ1) is 16.8. The van der Waals surface area contributed by atoms with Crippen molar-refractivity contribution in [2.45, 2.75) is 46.1 Å². The second kappa shape index (κ2) is 6.84. The Morgan fingerprint density at radius 1 is 1.12 bits per heavy atom. The second-order valence-electron chi connectivity index (χ2n) is 7.38. The molecule has 1 aliphatic rings. The van der Waals surface area contributed by atoms with Crippen molar-refractivity contribution in [1.29, 1.82) is 0 Å². The Hall–Kier alpha value is -2.02. The highest BCUT2D eigenvalue weighted by Gasteiger charge is 2.23. The fourth-order valence-corrected chi connectivity index (χ4v) is 2.74. The number of anilines is 1. The van der Waals surface area contributed by atoms with E-state index in [1.165, 1.54) is 0 Å². The van der Waals surface area contributed by atoms with Gasteiger partial charge in [0.05, 0.1) is 6.54 Å². The summed E-state index contributed by atoms with van der Waals surface area (Å²) >= 11 is 0. The third kappa shape index (κ3) is 4.08. The van der Waals surface area contributed by atoms with Crippen molar-refractivity contribution in [3.05, 3.63) is 29.7 Å². The summed E-state index contributed by atoms with van der Waals surface area (Å²) in [5.74, 6) is 2.29. The van der Waals surface area contributed by atoms with Gasteiger partial charge in [-0.3, -0.25) is 4.90 Å². The van der Waals surface area contributed by atoms with E-state index in [1.807, 2.05) is 19.2 Å². The first-order chi connectivity index (χ1) is 11.4. The Bertz CT molecular complexity index is 678. The standard InChI is InChI=1S/C17H26N6O/c1-13-6-7-18-16(19-13)23-9-5-8-22(10-11-23)12-14-20-15(24-21-14)17(2,3)4/h6-7H,5,8-12H2,1-4H3. The quantitative estimate of drug-likeness (QED) is 0.854. The number of aryl methyl sites for hydroxylation is 1. The lowest BCUT2D eigenvalue weighted by molar-refractivity contribution is 0.269. The van der Waals surface area contributed by atoms with Gasteiger partial charge in [-0.15, -0.1) is 0 Å². The van der Waals surface area contributed by atoms with Gasteiger partial charge in [-0.05, 0) is 19.4 Å². The van der Waals surface area contributed by atoms with Gasteiger partial charge in [-0.2, -0.15) is 4.98 Å². The summed E-state index contributed by atoms with van der Waals surface area (Å²) in [7, 11) is 0. The molecule has 0 N–H and O–H groups in total. The minimum Gasteiger partial charge on any atom is -0.339 e. The van der Waals surface area contributed by atoms with Crippen LogP contribution < -0.4 is 4.90 Å². The highest BCUT2D eigenvalue weighted by atomic mass is 16.5. The van der Waals surface area contributed by atoms with Crippen LogP contribution in [-0.2, 0) is 12.0 Å². The smallest absolute Gasteiger partial charge is 0.232 e. The fourth-order valence-electron chi connectivity index (χ4n) is 2.74. The first-order valence-electron chi connectivity index (χ1n) is 8.52. The van der Waals surface area contributed by atoms with Crippen molar-refractivity contribution in [3.8, 4) is 0 Å². The highest BCUT2D eigenvalue weighted by Crippen LogP contribution is 2.20. The molecule has 0 radical (unpaired) electrons. The third-order valence-electron chi connectivity index (χ3n) is 4.13. The lowest BCUT2D eigenvalue weighted by Gasteiger charge is -2.21. The van der Waals surface area contributed by atoms with Gasteiger partial charge in [-0.25, -0.2) is 9.97 Å². The van der Waals surface area contributed by atoms with Crippen LogP contribution in [0.3, 0.4) is 0 Å². The van der Waals surface area contributed by atoms with E-state index in [-0.39, 0.29) is 5.41 Å². The Kier molecular flexibility index (Phi) is 4.80. The number of hydrogen-bond donors (Lipinski definition) is 0. The third-order valence-corrected chi connectivity index (χ3v) is 4.13. The molecule has 0 bridgehead atoms. The monoisotopic (exact) mass is 330 g/mol. The molecule has 0 saturated carbocycles. The molecule has 0 aliphatic carbocycles. The van der Waals surface area contributed by atoms with Crippen molar-refractivity contribution < 1.29 is 4.52 Å². The maximum Gasteiger partial charge on any atom is 0.232 e. The SMILES string of the molecule is Cc1ccnc(N2CCCN(Cc3noc(C(C)(C)C)n3)CC2)n1. The normalized spacial score (nSPS) is 17.1. The topological polar surface area (TPSA) is 71.2 Å². The summed E-state index contributed by atoms with van der Waals surface area (Å²) in [6.07, 6.45) is 2.90. The van der Waals surface area contributed by atoms with Crippen LogP contribution in [0, 0.1) is 6.92 Å². The summed E-state index contributed by atoms with van der Waals surface area (Å²) < 4.78 is 5.39. The van der Waals surface area contributed by atoms with E-state index in [9.17, 15) is 0 Å². The van der Waals surface area contributed by atoms with Gasteiger partial charge in [0.15, 0.2) is 5.82 Å². The van der Waals surface area contributed by atoms with Crippen molar-refractivity contribution in [2.24, 2.45) is 0 Å². The van der Waals surface area contributed by atoms with Crippen molar-refractivity contribution >= 4 is 5.95 Å². The molecular weight excluding hydrogens is 304 g/mol. The molecule has 1 fully saturated rings. The zero-order valence-electron chi connectivity index (χ0n) is 15.0. The molecule has 3 heterocycles. The first-order valence-corrected chi connectivity index (χ1v) is 8.52. The molecule has 2 aromatic heterocycles. The predicted molar refractivity (Wildman–Crippen MR) is 91.9 cm³/mol. The number of nitrogens with zero attached hydrogens (tertiary/aromatic N) is 6. The molecule has 0 aromatic carbocycles. The average molecular weight is 330 g/mol. The van der Waals surface area contributed by atoms with Crippen LogP contribution >= 0.6 is 0 Å². The number of hydrogen-bond acceptors (Lipinski definition) is 7. The summed E-state index contributed by atoms with van der Waals surface area (Å²) in [5, 5.41) is 4.13. The van der Waals surface area contributed by atoms with Crippen LogP contribution in [0.5, 0.6) is 0 Å². The maximum absolute atomic E-state index is 5.39. The maximum atomic E-state index is 5.39. The zero-order chi connectivity index (χ0) is 17.2. The minimum absolute atomic E-state index is 0.108. The Balaban J connectivity index is 1.60. The zero-order valence-corrected chi connectivity index (χ0v) is 15.0. The lowest BCUT2D eigenvalue weighted by Crippen LogP contribution is -2.31. The highest BCUT2D eigenvalue weighted by molar-refractivity contribution is 5.30. The van der Waals surface area contributed by atoms with Crippen molar-refractivity contribution in [2.75, 3.05) is 31.1 Å². The van der Waals surface area contributed by atoms with Crippen LogP contribution in [0.4, 0.5) is 5.95 Å². The van der Waals surface area contributed by atoms with Gasteiger partial charge < -0.3 is 9.42 Å². The summed E-state index contributed by atoms with van der Waals surface area (Å²) in [5.41, 5.74) is 0.895. The molecule has 7 nitrogen and oxygen atoms in total. The van der Waals surface area contributed by atoms with Gasteiger partial charge in [0.2, 0.25) is 11.8 Å². The van der Waals surface area contributed by atoms with Gasteiger partial charge in [0, 0.05) is 43.5 Å². The van der Waals surface area contributed by atoms with Crippen LogP contribution in [-0.4, -0.2) is 51.2 Å². The van der Waals surface area contributed by atoms with Crippen LogP contribution in [0.15, 0.2) is 16.8 Å². The number of rotatable bonds is 3. The predicted octanol–water partition coefficient (Wildman–Crippen LogP) is 2.18.